The van der Waals surface area contributed by atoms with Crippen LogP contribution in [0.2, 0.25) is 0 Å². The van der Waals surface area contributed by atoms with E-state index in [1.807, 2.05) is 12.1 Å². The van der Waals surface area contributed by atoms with Crippen molar-refractivity contribution < 1.29 is 9.84 Å². The zero-order valence-corrected chi connectivity index (χ0v) is 10.4. The van der Waals surface area contributed by atoms with Crippen molar-refractivity contribution in [1.29, 1.82) is 0 Å². The highest BCUT2D eigenvalue weighted by atomic mass is 16.5. The van der Waals surface area contributed by atoms with Crippen molar-refractivity contribution in [2.24, 2.45) is 0 Å². The third kappa shape index (κ3) is 4.02. The molecule has 0 unspecified atom stereocenters. The second-order valence-corrected chi connectivity index (χ2v) is 4.76. The summed E-state index contributed by atoms with van der Waals surface area (Å²) >= 11 is 0. The number of rotatable bonds is 5. The molecule has 0 aliphatic carbocycles. The minimum absolute atomic E-state index is 0.118. The van der Waals surface area contributed by atoms with Crippen molar-refractivity contribution >= 4 is 0 Å². The molecule has 1 aliphatic heterocycles. The van der Waals surface area contributed by atoms with Gasteiger partial charge in [-0.1, -0.05) is 12.1 Å². The molecule has 1 heterocycles. The lowest BCUT2D eigenvalue weighted by molar-refractivity contribution is 0.173. The number of aliphatic hydroxyl groups is 1. The van der Waals surface area contributed by atoms with E-state index in [1.165, 1.54) is 5.56 Å². The minimum atomic E-state index is -0.118. The zero-order chi connectivity index (χ0) is 12.1. The number of hydrogen-bond acceptors (Lipinski definition) is 3. The third-order valence-corrected chi connectivity index (χ3v) is 3.12. The Labute approximate surface area is 103 Å². The molecule has 1 atom stereocenters. The van der Waals surface area contributed by atoms with Gasteiger partial charge in [0.15, 0.2) is 0 Å². The molecule has 3 heteroatoms. The molecular formula is C14H21NO2. The van der Waals surface area contributed by atoms with Gasteiger partial charge in [0.1, 0.15) is 5.75 Å². The van der Waals surface area contributed by atoms with Gasteiger partial charge in [-0.05, 0) is 37.5 Å². The summed E-state index contributed by atoms with van der Waals surface area (Å²) in [5.74, 6) is 0.950. The van der Waals surface area contributed by atoms with Gasteiger partial charge in [0.05, 0.1) is 12.7 Å². The van der Waals surface area contributed by atoms with E-state index in [4.69, 9.17) is 4.74 Å². The van der Waals surface area contributed by atoms with Gasteiger partial charge in [0.25, 0.3) is 0 Å². The van der Waals surface area contributed by atoms with Crippen LogP contribution in [0.1, 0.15) is 18.4 Å². The Morgan fingerprint density at radius 3 is 3.06 bits per heavy atom. The molecule has 1 fully saturated rings. The summed E-state index contributed by atoms with van der Waals surface area (Å²) in [7, 11) is 0. The maximum atomic E-state index is 9.39. The molecule has 1 aromatic rings. The number of likely N-dealkylation sites (tertiary alicyclic amines) is 1. The first kappa shape index (κ1) is 12.4. The van der Waals surface area contributed by atoms with Gasteiger partial charge in [-0.25, -0.2) is 0 Å². The van der Waals surface area contributed by atoms with Crippen LogP contribution in [0, 0.1) is 6.92 Å². The first-order valence-electron chi connectivity index (χ1n) is 6.34. The summed E-state index contributed by atoms with van der Waals surface area (Å²) < 4.78 is 5.68. The first-order valence-corrected chi connectivity index (χ1v) is 6.34. The van der Waals surface area contributed by atoms with Crippen LogP contribution in [0.25, 0.3) is 0 Å². The Bertz CT molecular complexity index is 354. The van der Waals surface area contributed by atoms with Crippen molar-refractivity contribution in [1.82, 2.24) is 4.90 Å². The zero-order valence-electron chi connectivity index (χ0n) is 10.4. The molecule has 1 N–H and O–H groups in total. The smallest absolute Gasteiger partial charge is 0.119 e. The van der Waals surface area contributed by atoms with Gasteiger partial charge in [-0.15, -0.1) is 0 Å². The standard InChI is InChI=1S/C14H21NO2/c1-12-4-2-5-14(10-12)17-9-3-7-15-8-6-13(16)11-15/h2,4-5,10,13,16H,3,6-9,11H2,1H3/t13-/m1/s1. The van der Waals surface area contributed by atoms with Gasteiger partial charge < -0.3 is 14.7 Å². The fourth-order valence-corrected chi connectivity index (χ4v) is 2.20. The summed E-state index contributed by atoms with van der Waals surface area (Å²) in [5.41, 5.74) is 1.23. The van der Waals surface area contributed by atoms with Crippen molar-refractivity contribution in [3.05, 3.63) is 29.8 Å². The average molecular weight is 235 g/mol. The van der Waals surface area contributed by atoms with Crippen LogP contribution < -0.4 is 4.74 Å². The minimum Gasteiger partial charge on any atom is -0.494 e. The second-order valence-electron chi connectivity index (χ2n) is 4.76. The normalized spacial score (nSPS) is 20.7. The van der Waals surface area contributed by atoms with E-state index in [1.54, 1.807) is 0 Å². The Morgan fingerprint density at radius 2 is 2.35 bits per heavy atom. The monoisotopic (exact) mass is 235 g/mol. The molecule has 17 heavy (non-hydrogen) atoms. The van der Waals surface area contributed by atoms with Gasteiger partial charge in [0.2, 0.25) is 0 Å². The Balaban J connectivity index is 1.63. The highest BCUT2D eigenvalue weighted by Crippen LogP contribution is 2.13. The molecule has 0 amide bonds. The van der Waals surface area contributed by atoms with Crippen LogP contribution in [-0.4, -0.2) is 42.4 Å². The van der Waals surface area contributed by atoms with E-state index in [2.05, 4.69) is 24.0 Å². The predicted molar refractivity (Wildman–Crippen MR) is 68.4 cm³/mol. The summed E-state index contributed by atoms with van der Waals surface area (Å²) in [6, 6.07) is 8.13. The van der Waals surface area contributed by atoms with Crippen LogP contribution in [0.5, 0.6) is 5.75 Å². The van der Waals surface area contributed by atoms with Crippen LogP contribution >= 0.6 is 0 Å². The van der Waals surface area contributed by atoms with Crippen molar-refractivity contribution in [2.45, 2.75) is 25.9 Å². The Morgan fingerprint density at radius 1 is 1.47 bits per heavy atom. The SMILES string of the molecule is Cc1cccc(OCCCN2CC[C@@H](O)C2)c1. The number of hydrogen-bond donors (Lipinski definition) is 1. The molecule has 0 aromatic heterocycles. The molecule has 1 saturated heterocycles. The maximum absolute atomic E-state index is 9.39. The van der Waals surface area contributed by atoms with E-state index in [0.29, 0.717) is 0 Å². The molecule has 1 aliphatic rings. The highest BCUT2D eigenvalue weighted by molar-refractivity contribution is 5.27. The van der Waals surface area contributed by atoms with Crippen molar-refractivity contribution in [3.63, 3.8) is 0 Å². The number of aliphatic hydroxyl groups excluding tert-OH is 1. The quantitative estimate of drug-likeness (QED) is 0.790. The lowest BCUT2D eigenvalue weighted by Crippen LogP contribution is -2.24. The Kier molecular flexibility index (Phi) is 4.40. The van der Waals surface area contributed by atoms with Crippen molar-refractivity contribution in [3.8, 4) is 5.75 Å². The van der Waals surface area contributed by atoms with E-state index < -0.39 is 0 Å². The van der Waals surface area contributed by atoms with E-state index in [9.17, 15) is 5.11 Å². The van der Waals surface area contributed by atoms with Gasteiger partial charge in [0, 0.05) is 19.6 Å². The number of nitrogens with zero attached hydrogens (tertiary/aromatic N) is 1. The number of benzene rings is 1. The fraction of sp³-hybridized carbons (Fsp3) is 0.571. The lowest BCUT2D eigenvalue weighted by Gasteiger charge is -2.14. The van der Waals surface area contributed by atoms with Crippen LogP contribution in [0.15, 0.2) is 24.3 Å². The van der Waals surface area contributed by atoms with E-state index in [-0.39, 0.29) is 6.10 Å². The molecule has 94 valence electrons. The number of aryl methyl sites for hydroxylation is 1. The molecule has 3 nitrogen and oxygen atoms in total. The molecule has 0 spiro atoms. The summed E-state index contributed by atoms with van der Waals surface area (Å²) in [6.45, 7) is 5.67. The predicted octanol–water partition coefficient (Wildman–Crippen LogP) is 1.83. The average Bonchev–Trinajstić information content (AvgIpc) is 2.71. The summed E-state index contributed by atoms with van der Waals surface area (Å²) in [5, 5.41) is 9.39. The van der Waals surface area contributed by atoms with Gasteiger partial charge in [-0.3, -0.25) is 0 Å². The molecule has 0 bridgehead atoms. The molecular weight excluding hydrogens is 214 g/mol. The molecule has 2 rings (SSSR count). The number of ether oxygens (including phenoxy) is 1. The molecule has 0 radical (unpaired) electrons. The largest absolute Gasteiger partial charge is 0.494 e. The lowest BCUT2D eigenvalue weighted by atomic mass is 10.2. The maximum Gasteiger partial charge on any atom is 0.119 e. The van der Waals surface area contributed by atoms with Crippen LogP contribution in [0.4, 0.5) is 0 Å². The van der Waals surface area contributed by atoms with Gasteiger partial charge >= 0.3 is 0 Å². The first-order chi connectivity index (χ1) is 8.24. The van der Waals surface area contributed by atoms with Crippen LogP contribution in [-0.2, 0) is 0 Å². The summed E-state index contributed by atoms with van der Waals surface area (Å²) in [6.07, 6.45) is 1.81. The fourth-order valence-electron chi connectivity index (χ4n) is 2.20. The Hall–Kier alpha value is -1.06. The van der Waals surface area contributed by atoms with E-state index >= 15 is 0 Å². The molecule has 1 aromatic carbocycles. The van der Waals surface area contributed by atoms with Crippen molar-refractivity contribution in [2.75, 3.05) is 26.2 Å². The second kappa shape index (κ2) is 6.03. The number of β-amino-alcohol motifs (C(OH)–C–C–N with tert-alkyl or cyclic N) is 1. The van der Waals surface area contributed by atoms with Gasteiger partial charge in [-0.2, -0.15) is 0 Å². The highest BCUT2D eigenvalue weighted by Gasteiger charge is 2.18. The topological polar surface area (TPSA) is 32.7 Å². The third-order valence-electron chi connectivity index (χ3n) is 3.12. The van der Waals surface area contributed by atoms with E-state index in [0.717, 1.165) is 44.8 Å². The summed E-state index contributed by atoms with van der Waals surface area (Å²) in [4.78, 5) is 2.30. The molecule has 0 saturated carbocycles. The van der Waals surface area contributed by atoms with Crippen LogP contribution in [0.3, 0.4) is 0 Å².